The molecule has 17 heavy (non-hydrogen) atoms. The van der Waals surface area contributed by atoms with E-state index in [0.717, 1.165) is 36.8 Å². The van der Waals surface area contributed by atoms with Crippen LogP contribution < -0.4 is 0 Å². The fraction of sp³-hybridized carbons (Fsp3) is 0.643. The molecule has 2 atom stereocenters. The lowest BCUT2D eigenvalue weighted by molar-refractivity contribution is 0.0770. The van der Waals surface area contributed by atoms with Crippen molar-refractivity contribution in [3.63, 3.8) is 0 Å². The summed E-state index contributed by atoms with van der Waals surface area (Å²) in [5, 5.41) is 0. The molecule has 1 saturated heterocycles. The molecule has 2 aliphatic carbocycles. The Labute approximate surface area is 100 Å². The van der Waals surface area contributed by atoms with E-state index in [1.165, 1.54) is 0 Å². The zero-order valence-corrected chi connectivity index (χ0v) is 10.2. The summed E-state index contributed by atoms with van der Waals surface area (Å²) in [4.78, 5) is 12.6. The second kappa shape index (κ2) is 2.51. The van der Waals surface area contributed by atoms with Gasteiger partial charge in [0.25, 0.3) is 0 Å². The molecule has 90 valence electrons. The number of rotatable bonds is 0. The predicted octanol–water partition coefficient (Wildman–Crippen LogP) is 2.74. The van der Waals surface area contributed by atoms with Gasteiger partial charge in [0, 0.05) is 5.56 Å². The fourth-order valence-electron chi connectivity index (χ4n) is 4.14. The number of fused-ring (bicyclic) bond motifs is 1. The van der Waals surface area contributed by atoms with Crippen molar-refractivity contribution in [2.24, 2.45) is 5.41 Å². The molecule has 1 aromatic rings. The molecule has 2 heterocycles. The number of carbonyl (C=O) groups is 1. The minimum absolute atomic E-state index is 0.157. The van der Waals surface area contributed by atoms with Gasteiger partial charge in [-0.2, -0.15) is 0 Å². The second-order valence-electron chi connectivity index (χ2n) is 6.58. The van der Waals surface area contributed by atoms with Gasteiger partial charge in [0.15, 0.2) is 5.60 Å². The monoisotopic (exact) mass is 232 g/mol. The molecule has 0 spiro atoms. The van der Waals surface area contributed by atoms with Gasteiger partial charge in [0.1, 0.15) is 11.9 Å². The van der Waals surface area contributed by atoms with Crippen LogP contribution in [0.5, 0.6) is 0 Å². The summed E-state index contributed by atoms with van der Waals surface area (Å²) in [6, 6.07) is 0. The smallest absolute Gasteiger partial charge is 0.201 e. The van der Waals surface area contributed by atoms with Crippen molar-refractivity contribution in [3.05, 3.63) is 23.7 Å². The van der Waals surface area contributed by atoms with Crippen LogP contribution in [0, 0.1) is 5.41 Å². The van der Waals surface area contributed by atoms with Gasteiger partial charge in [-0.3, -0.25) is 4.79 Å². The minimum Gasteiger partial charge on any atom is -0.472 e. The average molecular weight is 232 g/mol. The molecule has 2 fully saturated rings. The van der Waals surface area contributed by atoms with Crippen LogP contribution in [0.2, 0.25) is 0 Å². The van der Waals surface area contributed by atoms with Gasteiger partial charge in [-0.05, 0) is 31.1 Å². The van der Waals surface area contributed by atoms with Crippen molar-refractivity contribution in [2.75, 3.05) is 0 Å². The van der Waals surface area contributed by atoms with Crippen molar-refractivity contribution in [1.82, 2.24) is 0 Å². The van der Waals surface area contributed by atoms with Gasteiger partial charge < -0.3 is 9.15 Å². The van der Waals surface area contributed by atoms with Gasteiger partial charge >= 0.3 is 0 Å². The van der Waals surface area contributed by atoms with E-state index in [1.807, 2.05) is 0 Å². The van der Waals surface area contributed by atoms with Crippen LogP contribution in [0.15, 0.2) is 16.9 Å². The van der Waals surface area contributed by atoms with Crippen molar-refractivity contribution in [3.8, 4) is 0 Å². The van der Waals surface area contributed by atoms with Gasteiger partial charge in [-0.1, -0.05) is 13.8 Å². The lowest BCUT2D eigenvalue weighted by atomic mass is 9.86. The third kappa shape index (κ3) is 0.998. The predicted molar refractivity (Wildman–Crippen MR) is 60.9 cm³/mol. The topological polar surface area (TPSA) is 42.7 Å². The van der Waals surface area contributed by atoms with Crippen LogP contribution in [0.4, 0.5) is 0 Å². The summed E-state index contributed by atoms with van der Waals surface area (Å²) >= 11 is 0. The summed E-state index contributed by atoms with van der Waals surface area (Å²) in [5.41, 5.74) is 1.34. The van der Waals surface area contributed by atoms with E-state index in [2.05, 4.69) is 13.8 Å². The number of ether oxygens (including phenoxy) is 1. The van der Waals surface area contributed by atoms with Crippen LogP contribution >= 0.6 is 0 Å². The first-order valence-corrected chi connectivity index (χ1v) is 6.28. The molecule has 0 bridgehead atoms. The summed E-state index contributed by atoms with van der Waals surface area (Å²) in [5.74, 6) is 0.157. The van der Waals surface area contributed by atoms with E-state index < -0.39 is 5.60 Å². The molecule has 1 saturated carbocycles. The maximum atomic E-state index is 12.6. The van der Waals surface area contributed by atoms with Crippen LogP contribution in [-0.4, -0.2) is 17.0 Å². The molecular formula is C14H16O3. The molecule has 3 aliphatic rings. The normalized spacial score (nSPS) is 41.4. The second-order valence-corrected chi connectivity index (χ2v) is 6.58. The van der Waals surface area contributed by atoms with Crippen LogP contribution in [-0.2, 0) is 11.2 Å². The Kier molecular flexibility index (Phi) is 1.46. The molecule has 3 heteroatoms. The first-order valence-electron chi connectivity index (χ1n) is 6.28. The quantitative estimate of drug-likeness (QED) is 0.646. The zero-order valence-electron chi connectivity index (χ0n) is 10.2. The van der Waals surface area contributed by atoms with Crippen molar-refractivity contribution < 1.29 is 13.9 Å². The molecule has 0 radical (unpaired) electrons. The number of epoxide rings is 1. The highest BCUT2D eigenvalue weighted by atomic mass is 16.6. The number of aryl methyl sites for hydroxylation is 1. The number of Topliss-reactive ketones (excluding diaryl/α,β-unsaturated/α-hetero) is 1. The lowest BCUT2D eigenvalue weighted by Crippen LogP contribution is -2.28. The van der Waals surface area contributed by atoms with Gasteiger partial charge in [0.2, 0.25) is 5.78 Å². The zero-order chi connectivity index (χ0) is 11.9. The molecule has 4 rings (SSSR count). The maximum Gasteiger partial charge on any atom is 0.201 e. The highest BCUT2D eigenvalue weighted by Gasteiger charge is 2.80. The third-order valence-electron chi connectivity index (χ3n) is 4.71. The number of hydrogen-bond donors (Lipinski definition) is 0. The Morgan fingerprint density at radius 2 is 2.06 bits per heavy atom. The highest BCUT2D eigenvalue weighted by Crippen LogP contribution is 2.69. The summed E-state index contributed by atoms with van der Waals surface area (Å²) in [6.07, 6.45) is 7.02. The van der Waals surface area contributed by atoms with Crippen LogP contribution in [0.3, 0.4) is 0 Å². The first kappa shape index (κ1) is 9.89. The largest absolute Gasteiger partial charge is 0.472 e. The SMILES string of the molecule is CC1(C)C[C@]23CCc4cocc4C(=O)[C@@]2(C1)O3. The van der Waals surface area contributed by atoms with E-state index in [-0.39, 0.29) is 16.8 Å². The summed E-state index contributed by atoms with van der Waals surface area (Å²) in [7, 11) is 0. The van der Waals surface area contributed by atoms with E-state index in [1.54, 1.807) is 12.5 Å². The average Bonchev–Trinajstić information content (AvgIpc) is 2.59. The van der Waals surface area contributed by atoms with Gasteiger partial charge in [0.05, 0.1) is 11.8 Å². The molecule has 0 N–H and O–H groups in total. The number of furan rings is 1. The van der Waals surface area contributed by atoms with E-state index >= 15 is 0 Å². The molecule has 3 nitrogen and oxygen atoms in total. The Morgan fingerprint density at radius 1 is 1.24 bits per heavy atom. The molecule has 1 aromatic heterocycles. The van der Waals surface area contributed by atoms with Crippen molar-refractivity contribution >= 4 is 5.78 Å². The van der Waals surface area contributed by atoms with E-state index in [9.17, 15) is 4.79 Å². The number of hydrogen-bond acceptors (Lipinski definition) is 3. The van der Waals surface area contributed by atoms with Crippen molar-refractivity contribution in [2.45, 2.75) is 50.7 Å². The molecule has 1 aliphatic heterocycles. The molecule has 0 unspecified atom stereocenters. The standard InChI is InChI=1S/C14H16O3/c1-12(2)7-13-4-3-9-5-16-6-10(9)11(15)14(13,8-12)17-13/h5-6H,3-4,7-8H2,1-2H3/t13-,14-/m1/s1. The van der Waals surface area contributed by atoms with Crippen molar-refractivity contribution in [1.29, 1.82) is 0 Å². The Balaban J connectivity index is 1.85. The molecular weight excluding hydrogens is 216 g/mol. The Morgan fingerprint density at radius 3 is 2.88 bits per heavy atom. The summed E-state index contributed by atoms with van der Waals surface area (Å²) < 4.78 is 11.1. The molecule has 0 aromatic carbocycles. The lowest BCUT2D eigenvalue weighted by Gasteiger charge is -2.22. The maximum absolute atomic E-state index is 12.6. The van der Waals surface area contributed by atoms with E-state index in [4.69, 9.17) is 9.15 Å². The molecule has 0 amide bonds. The number of ketones is 1. The Hall–Kier alpha value is -1.09. The Bertz CT molecular complexity index is 527. The first-order chi connectivity index (χ1) is 7.98. The highest BCUT2D eigenvalue weighted by molar-refractivity contribution is 6.07. The van der Waals surface area contributed by atoms with Crippen LogP contribution in [0.1, 0.15) is 49.0 Å². The van der Waals surface area contributed by atoms with Gasteiger partial charge in [-0.25, -0.2) is 0 Å². The minimum atomic E-state index is -0.522. The number of carbonyl (C=O) groups excluding carboxylic acids is 1. The van der Waals surface area contributed by atoms with E-state index in [0.29, 0.717) is 0 Å². The van der Waals surface area contributed by atoms with Gasteiger partial charge in [-0.15, -0.1) is 0 Å². The summed E-state index contributed by atoms with van der Waals surface area (Å²) in [6.45, 7) is 4.47. The third-order valence-corrected chi connectivity index (χ3v) is 4.71. The fourth-order valence-corrected chi connectivity index (χ4v) is 4.14. The van der Waals surface area contributed by atoms with Crippen LogP contribution in [0.25, 0.3) is 0 Å².